The number of aromatic nitrogens is 2. The molecule has 0 saturated carbocycles. The van der Waals surface area contributed by atoms with E-state index < -0.39 is 0 Å². The van der Waals surface area contributed by atoms with E-state index in [9.17, 15) is 0 Å². The number of nitrogens with zero attached hydrogens (tertiary/aromatic N) is 2. The van der Waals surface area contributed by atoms with Crippen LogP contribution in [0.25, 0.3) is 0 Å². The molecule has 1 aliphatic rings. The highest BCUT2D eigenvalue weighted by molar-refractivity contribution is 5.39. The standard InChI is InChI=1S/C16H21N3O/c1-19-15(6-10-18-19)5-9-17-8-4-13-2-3-16-14(12-13)7-11-20-16/h2-3,6,10,12,17H,4-5,7-9,11H2,1H3. The van der Waals surface area contributed by atoms with E-state index in [1.54, 1.807) is 0 Å². The van der Waals surface area contributed by atoms with E-state index in [-0.39, 0.29) is 0 Å². The van der Waals surface area contributed by atoms with Crippen LogP contribution in [0.4, 0.5) is 0 Å². The van der Waals surface area contributed by atoms with Crippen molar-refractivity contribution in [2.75, 3.05) is 19.7 Å². The quantitative estimate of drug-likeness (QED) is 0.813. The van der Waals surface area contributed by atoms with Gasteiger partial charge in [-0.05, 0) is 36.2 Å². The molecule has 4 heteroatoms. The van der Waals surface area contributed by atoms with Gasteiger partial charge in [0.1, 0.15) is 5.75 Å². The van der Waals surface area contributed by atoms with Gasteiger partial charge in [-0.2, -0.15) is 5.10 Å². The van der Waals surface area contributed by atoms with Crippen molar-refractivity contribution in [3.05, 3.63) is 47.3 Å². The third-order valence-corrected chi connectivity index (χ3v) is 3.82. The predicted octanol–water partition coefficient (Wildman–Crippen LogP) is 1.73. The van der Waals surface area contributed by atoms with Crippen LogP contribution in [0, 0.1) is 0 Å². The zero-order valence-corrected chi connectivity index (χ0v) is 11.9. The van der Waals surface area contributed by atoms with Crippen molar-refractivity contribution in [1.29, 1.82) is 0 Å². The summed E-state index contributed by atoms with van der Waals surface area (Å²) in [6, 6.07) is 8.63. The molecule has 3 rings (SSSR count). The summed E-state index contributed by atoms with van der Waals surface area (Å²) in [5, 5.41) is 7.67. The highest BCUT2D eigenvalue weighted by Crippen LogP contribution is 2.25. The van der Waals surface area contributed by atoms with Crippen molar-refractivity contribution in [3.63, 3.8) is 0 Å². The number of ether oxygens (including phenoxy) is 1. The van der Waals surface area contributed by atoms with Gasteiger partial charge in [-0.3, -0.25) is 4.68 Å². The molecule has 2 aromatic rings. The van der Waals surface area contributed by atoms with Gasteiger partial charge in [-0.1, -0.05) is 12.1 Å². The summed E-state index contributed by atoms with van der Waals surface area (Å²) in [6.07, 6.45) is 4.99. The van der Waals surface area contributed by atoms with Gasteiger partial charge in [0.05, 0.1) is 6.61 Å². The van der Waals surface area contributed by atoms with Crippen LogP contribution in [0.5, 0.6) is 5.75 Å². The first kappa shape index (κ1) is 13.2. The first-order chi connectivity index (χ1) is 9.83. The van der Waals surface area contributed by atoms with Crippen LogP contribution in [0.1, 0.15) is 16.8 Å². The first-order valence-electron chi connectivity index (χ1n) is 7.25. The largest absolute Gasteiger partial charge is 0.493 e. The van der Waals surface area contributed by atoms with Crippen LogP contribution in [0.3, 0.4) is 0 Å². The van der Waals surface area contributed by atoms with E-state index in [2.05, 4.69) is 34.7 Å². The zero-order valence-electron chi connectivity index (χ0n) is 11.9. The second-order valence-corrected chi connectivity index (χ2v) is 5.24. The summed E-state index contributed by atoms with van der Waals surface area (Å²) >= 11 is 0. The SMILES string of the molecule is Cn1nccc1CCNCCc1ccc2c(c1)CCO2. The molecule has 1 aliphatic heterocycles. The Labute approximate surface area is 119 Å². The topological polar surface area (TPSA) is 39.1 Å². The minimum atomic E-state index is 0.835. The lowest BCUT2D eigenvalue weighted by atomic mass is 10.1. The van der Waals surface area contributed by atoms with Gasteiger partial charge in [0, 0.05) is 38.3 Å². The van der Waals surface area contributed by atoms with Crippen LogP contribution >= 0.6 is 0 Å². The van der Waals surface area contributed by atoms with E-state index in [1.165, 1.54) is 16.8 Å². The summed E-state index contributed by atoms with van der Waals surface area (Å²) in [5.41, 5.74) is 4.02. The fourth-order valence-electron chi connectivity index (χ4n) is 2.62. The molecule has 2 heterocycles. The van der Waals surface area contributed by atoms with Crippen LogP contribution < -0.4 is 10.1 Å². The highest BCUT2D eigenvalue weighted by Gasteiger charge is 2.11. The number of hydrogen-bond acceptors (Lipinski definition) is 3. The lowest BCUT2D eigenvalue weighted by molar-refractivity contribution is 0.357. The Morgan fingerprint density at radius 2 is 2.15 bits per heavy atom. The molecule has 0 saturated heterocycles. The minimum absolute atomic E-state index is 0.835. The average molecular weight is 271 g/mol. The number of nitrogens with one attached hydrogen (secondary N) is 1. The Hall–Kier alpha value is -1.81. The summed E-state index contributed by atoms with van der Waals surface area (Å²) in [6.45, 7) is 2.84. The summed E-state index contributed by atoms with van der Waals surface area (Å²) < 4.78 is 7.46. The lowest BCUT2D eigenvalue weighted by Gasteiger charge is -2.07. The van der Waals surface area contributed by atoms with Crippen molar-refractivity contribution < 1.29 is 4.74 Å². The molecule has 0 amide bonds. The Bertz CT molecular complexity index is 577. The third kappa shape index (κ3) is 3.02. The van der Waals surface area contributed by atoms with Crippen molar-refractivity contribution in [1.82, 2.24) is 15.1 Å². The van der Waals surface area contributed by atoms with Crippen LogP contribution in [0.2, 0.25) is 0 Å². The Morgan fingerprint density at radius 1 is 1.25 bits per heavy atom. The van der Waals surface area contributed by atoms with Crippen molar-refractivity contribution >= 4 is 0 Å². The van der Waals surface area contributed by atoms with Gasteiger partial charge in [0.15, 0.2) is 0 Å². The van der Waals surface area contributed by atoms with Crippen LogP contribution in [-0.4, -0.2) is 29.5 Å². The average Bonchev–Trinajstić information content (AvgIpc) is 3.07. The fourth-order valence-corrected chi connectivity index (χ4v) is 2.62. The molecule has 20 heavy (non-hydrogen) atoms. The molecule has 0 bridgehead atoms. The Kier molecular flexibility index (Phi) is 4.02. The molecule has 0 fully saturated rings. The molecule has 1 aromatic carbocycles. The van der Waals surface area contributed by atoms with Crippen LogP contribution in [-0.2, 0) is 26.3 Å². The molecular formula is C16H21N3O. The molecule has 0 unspecified atom stereocenters. The number of hydrogen-bond donors (Lipinski definition) is 1. The molecule has 0 atom stereocenters. The molecule has 0 aliphatic carbocycles. The van der Waals surface area contributed by atoms with Crippen molar-refractivity contribution in [2.45, 2.75) is 19.3 Å². The monoisotopic (exact) mass is 271 g/mol. The van der Waals surface area contributed by atoms with E-state index in [1.807, 2.05) is 17.9 Å². The van der Waals surface area contributed by atoms with Gasteiger partial charge in [-0.25, -0.2) is 0 Å². The maximum atomic E-state index is 5.53. The molecule has 0 spiro atoms. The zero-order chi connectivity index (χ0) is 13.8. The second kappa shape index (κ2) is 6.09. The van der Waals surface area contributed by atoms with Gasteiger partial charge >= 0.3 is 0 Å². The van der Waals surface area contributed by atoms with Gasteiger partial charge in [-0.15, -0.1) is 0 Å². The van der Waals surface area contributed by atoms with E-state index in [0.29, 0.717) is 0 Å². The molecule has 4 nitrogen and oxygen atoms in total. The number of benzene rings is 1. The molecule has 106 valence electrons. The maximum absolute atomic E-state index is 5.53. The molecular weight excluding hydrogens is 250 g/mol. The van der Waals surface area contributed by atoms with Crippen molar-refractivity contribution in [2.24, 2.45) is 7.05 Å². The fraction of sp³-hybridized carbons (Fsp3) is 0.438. The van der Waals surface area contributed by atoms with E-state index >= 15 is 0 Å². The molecule has 1 aromatic heterocycles. The minimum Gasteiger partial charge on any atom is -0.493 e. The number of rotatable bonds is 6. The third-order valence-electron chi connectivity index (χ3n) is 3.82. The number of fused-ring (bicyclic) bond motifs is 1. The van der Waals surface area contributed by atoms with Crippen molar-refractivity contribution in [3.8, 4) is 5.75 Å². The summed E-state index contributed by atoms with van der Waals surface area (Å²) in [7, 11) is 1.99. The Morgan fingerprint density at radius 3 is 3.00 bits per heavy atom. The molecule has 0 radical (unpaired) electrons. The maximum Gasteiger partial charge on any atom is 0.122 e. The van der Waals surface area contributed by atoms with Gasteiger partial charge in [0.25, 0.3) is 0 Å². The predicted molar refractivity (Wildman–Crippen MR) is 79.1 cm³/mol. The summed E-state index contributed by atoms with van der Waals surface area (Å²) in [5.74, 6) is 1.07. The number of aryl methyl sites for hydroxylation is 1. The van der Waals surface area contributed by atoms with Gasteiger partial charge in [0.2, 0.25) is 0 Å². The molecule has 1 N–H and O–H groups in total. The smallest absolute Gasteiger partial charge is 0.122 e. The summed E-state index contributed by atoms with van der Waals surface area (Å²) in [4.78, 5) is 0. The highest BCUT2D eigenvalue weighted by atomic mass is 16.5. The normalized spacial score (nSPS) is 13.2. The van der Waals surface area contributed by atoms with E-state index in [0.717, 1.165) is 44.7 Å². The first-order valence-corrected chi connectivity index (χ1v) is 7.25. The lowest BCUT2D eigenvalue weighted by Crippen LogP contribution is -2.21. The van der Waals surface area contributed by atoms with Crippen LogP contribution in [0.15, 0.2) is 30.5 Å². The van der Waals surface area contributed by atoms with E-state index in [4.69, 9.17) is 4.74 Å². The second-order valence-electron chi connectivity index (χ2n) is 5.24. The Balaban J connectivity index is 1.41. The van der Waals surface area contributed by atoms with Gasteiger partial charge < -0.3 is 10.1 Å².